The van der Waals surface area contributed by atoms with Crippen LogP contribution in [0.2, 0.25) is 0 Å². The summed E-state index contributed by atoms with van der Waals surface area (Å²) in [4.78, 5) is 0. The molecule has 7 nitrogen and oxygen atoms in total. The van der Waals surface area contributed by atoms with Crippen LogP contribution in [-0.2, 0) is 7.05 Å². The van der Waals surface area contributed by atoms with E-state index in [2.05, 4.69) is 20.8 Å². The van der Waals surface area contributed by atoms with Crippen LogP contribution in [0.1, 0.15) is 6.92 Å². The van der Waals surface area contributed by atoms with Crippen LogP contribution in [0.15, 0.2) is 0 Å². The molecule has 4 N–H and O–H groups in total. The Morgan fingerprint density at radius 3 is 2.85 bits per heavy atom. The molecule has 0 aliphatic rings. The van der Waals surface area contributed by atoms with Gasteiger partial charge in [0.15, 0.2) is 0 Å². The van der Waals surface area contributed by atoms with E-state index in [9.17, 15) is 0 Å². The number of nitrogens with two attached hydrogens (primary N) is 1. The number of aryl methyl sites for hydroxylation is 1. The summed E-state index contributed by atoms with van der Waals surface area (Å²) in [5.74, 6) is 0.538. The molecule has 0 aliphatic heterocycles. The number of nitrogens with one attached hydrogen (secondary N) is 1. The number of rotatable bonds is 4. The van der Waals surface area contributed by atoms with Gasteiger partial charge in [0.1, 0.15) is 0 Å². The molecule has 0 aliphatic carbocycles. The summed E-state index contributed by atoms with van der Waals surface area (Å²) >= 11 is 0. The number of hydrogen-bond donors (Lipinski definition) is 3. The summed E-state index contributed by atoms with van der Waals surface area (Å²) in [6.07, 6.45) is -0.548. The molecule has 0 fully saturated rings. The Kier molecular flexibility index (Phi) is 3.15. The molecule has 74 valence electrons. The number of tetrazole rings is 1. The van der Waals surface area contributed by atoms with Crippen molar-refractivity contribution < 1.29 is 5.11 Å². The maximum atomic E-state index is 9.10. The molecule has 2 atom stereocenters. The first-order valence-electron chi connectivity index (χ1n) is 4.01. The molecule has 1 heterocycles. The normalized spacial score (nSPS) is 15.4. The maximum Gasteiger partial charge on any atom is 0.242 e. The summed E-state index contributed by atoms with van der Waals surface area (Å²) in [5.41, 5.74) is 5.59. The third-order valence-corrected chi connectivity index (χ3v) is 1.74. The first kappa shape index (κ1) is 9.87. The molecule has 13 heavy (non-hydrogen) atoms. The zero-order chi connectivity index (χ0) is 9.84. The van der Waals surface area contributed by atoms with Crippen LogP contribution in [0.25, 0.3) is 0 Å². The van der Waals surface area contributed by atoms with Crippen molar-refractivity contribution >= 4 is 5.95 Å². The fourth-order valence-corrected chi connectivity index (χ4v) is 0.759. The summed E-state index contributed by atoms with van der Waals surface area (Å²) in [6, 6.07) is -0.323. The number of aromatic nitrogens is 4. The van der Waals surface area contributed by atoms with Gasteiger partial charge in [-0.3, -0.25) is 0 Å². The molecule has 2 unspecified atom stereocenters. The van der Waals surface area contributed by atoms with Crippen molar-refractivity contribution in [2.24, 2.45) is 12.8 Å². The van der Waals surface area contributed by atoms with E-state index in [0.29, 0.717) is 12.5 Å². The lowest BCUT2D eigenvalue weighted by atomic mass is 10.2. The standard InChI is InChI=1S/C6H14N6O/c1-4(13)5(7)3-8-6-9-10-11-12(6)2/h4-5,13H,3,7H2,1-2H3,(H,8,9,11). The van der Waals surface area contributed by atoms with Crippen molar-refractivity contribution in [3.8, 4) is 0 Å². The molecule has 0 saturated carbocycles. The highest BCUT2D eigenvalue weighted by molar-refractivity contribution is 5.21. The van der Waals surface area contributed by atoms with Crippen molar-refractivity contribution in [1.29, 1.82) is 0 Å². The SMILES string of the molecule is CC(O)C(N)CNc1nnnn1C. The number of aliphatic hydroxyl groups excluding tert-OH is 1. The van der Waals surface area contributed by atoms with Gasteiger partial charge in [0, 0.05) is 19.6 Å². The number of nitrogens with zero attached hydrogens (tertiary/aromatic N) is 4. The third kappa shape index (κ3) is 2.63. The molecule has 0 saturated heterocycles. The van der Waals surface area contributed by atoms with Crippen LogP contribution >= 0.6 is 0 Å². The smallest absolute Gasteiger partial charge is 0.242 e. The molecule has 1 rings (SSSR count). The summed E-state index contributed by atoms with van der Waals surface area (Å²) in [7, 11) is 1.72. The van der Waals surface area contributed by atoms with Gasteiger partial charge in [-0.2, -0.15) is 0 Å². The van der Waals surface area contributed by atoms with Crippen LogP contribution in [0.4, 0.5) is 5.95 Å². The van der Waals surface area contributed by atoms with Crippen molar-refractivity contribution in [2.45, 2.75) is 19.1 Å². The number of hydrogen-bond acceptors (Lipinski definition) is 6. The zero-order valence-corrected chi connectivity index (χ0v) is 7.68. The minimum Gasteiger partial charge on any atom is -0.392 e. The minimum atomic E-state index is -0.548. The monoisotopic (exact) mass is 186 g/mol. The largest absolute Gasteiger partial charge is 0.392 e. The van der Waals surface area contributed by atoms with E-state index in [1.807, 2.05) is 0 Å². The first-order valence-corrected chi connectivity index (χ1v) is 4.01. The second-order valence-electron chi connectivity index (χ2n) is 2.91. The van der Waals surface area contributed by atoms with Crippen molar-refractivity contribution in [2.75, 3.05) is 11.9 Å². The lowest BCUT2D eigenvalue weighted by Gasteiger charge is -2.14. The second-order valence-corrected chi connectivity index (χ2v) is 2.91. The van der Waals surface area contributed by atoms with Gasteiger partial charge in [-0.1, -0.05) is 5.10 Å². The molecule has 0 radical (unpaired) electrons. The van der Waals surface area contributed by atoms with E-state index >= 15 is 0 Å². The van der Waals surface area contributed by atoms with Gasteiger partial charge in [-0.15, -0.1) is 0 Å². The van der Waals surface area contributed by atoms with Crippen LogP contribution in [-0.4, -0.2) is 44.0 Å². The van der Waals surface area contributed by atoms with E-state index in [0.717, 1.165) is 0 Å². The molecule has 0 amide bonds. The fourth-order valence-electron chi connectivity index (χ4n) is 0.759. The van der Waals surface area contributed by atoms with Gasteiger partial charge >= 0.3 is 0 Å². The Bertz CT molecular complexity index is 259. The molecule has 1 aromatic rings. The van der Waals surface area contributed by atoms with Crippen LogP contribution in [0.3, 0.4) is 0 Å². The Labute approximate surface area is 75.9 Å². The number of anilines is 1. The average Bonchev–Trinajstić information content (AvgIpc) is 2.47. The summed E-state index contributed by atoms with van der Waals surface area (Å²) in [6.45, 7) is 2.08. The van der Waals surface area contributed by atoms with Crippen molar-refractivity contribution in [1.82, 2.24) is 20.2 Å². The van der Waals surface area contributed by atoms with Crippen molar-refractivity contribution in [3.63, 3.8) is 0 Å². The molecule has 1 aromatic heterocycles. The van der Waals surface area contributed by atoms with Gasteiger partial charge in [-0.05, 0) is 17.4 Å². The van der Waals surface area contributed by atoms with Crippen LogP contribution in [0.5, 0.6) is 0 Å². The van der Waals surface area contributed by atoms with Crippen LogP contribution < -0.4 is 11.1 Å². The lowest BCUT2D eigenvalue weighted by molar-refractivity contribution is 0.168. The molecular formula is C6H14N6O. The van der Waals surface area contributed by atoms with Gasteiger partial charge in [-0.25, -0.2) is 4.68 Å². The quantitative estimate of drug-likeness (QED) is 0.519. The van der Waals surface area contributed by atoms with E-state index in [-0.39, 0.29) is 6.04 Å². The molecular weight excluding hydrogens is 172 g/mol. The Morgan fingerprint density at radius 1 is 1.69 bits per heavy atom. The first-order chi connectivity index (χ1) is 6.11. The molecule has 0 bridgehead atoms. The average molecular weight is 186 g/mol. The minimum absolute atomic E-state index is 0.323. The Balaban J connectivity index is 2.39. The Hall–Kier alpha value is -1.21. The van der Waals surface area contributed by atoms with Crippen molar-refractivity contribution in [3.05, 3.63) is 0 Å². The highest BCUT2D eigenvalue weighted by atomic mass is 16.3. The second kappa shape index (κ2) is 4.15. The maximum absolute atomic E-state index is 9.10. The molecule has 7 heteroatoms. The van der Waals surface area contributed by atoms with Gasteiger partial charge in [0.05, 0.1) is 6.10 Å². The zero-order valence-electron chi connectivity index (χ0n) is 7.68. The topological polar surface area (TPSA) is 102 Å². The van der Waals surface area contributed by atoms with Crippen LogP contribution in [0, 0.1) is 0 Å². The molecule has 0 spiro atoms. The van der Waals surface area contributed by atoms with E-state index in [1.165, 1.54) is 4.68 Å². The van der Waals surface area contributed by atoms with Gasteiger partial charge in [0.25, 0.3) is 0 Å². The Morgan fingerprint density at radius 2 is 2.38 bits per heavy atom. The van der Waals surface area contributed by atoms with E-state index in [1.54, 1.807) is 14.0 Å². The van der Waals surface area contributed by atoms with Gasteiger partial charge < -0.3 is 16.2 Å². The highest BCUT2D eigenvalue weighted by Crippen LogP contribution is 1.96. The predicted molar refractivity (Wildman–Crippen MR) is 46.9 cm³/mol. The van der Waals surface area contributed by atoms with E-state index in [4.69, 9.17) is 10.8 Å². The lowest BCUT2D eigenvalue weighted by Crippen LogP contribution is -2.39. The summed E-state index contributed by atoms with van der Waals surface area (Å²) in [5, 5.41) is 22.8. The van der Waals surface area contributed by atoms with E-state index < -0.39 is 6.10 Å². The highest BCUT2D eigenvalue weighted by Gasteiger charge is 2.10. The predicted octanol–water partition coefficient (Wildman–Crippen LogP) is -1.67. The summed E-state index contributed by atoms with van der Waals surface area (Å²) < 4.78 is 1.49. The number of aliphatic hydroxyl groups is 1. The third-order valence-electron chi connectivity index (χ3n) is 1.74. The molecule has 0 aromatic carbocycles. The fraction of sp³-hybridized carbons (Fsp3) is 0.833. The van der Waals surface area contributed by atoms with Gasteiger partial charge in [0.2, 0.25) is 5.95 Å².